The molecule has 2 fully saturated rings. The molecule has 34 heavy (non-hydrogen) atoms. The summed E-state index contributed by atoms with van der Waals surface area (Å²) in [6.45, 7) is 8.05. The zero-order valence-corrected chi connectivity index (χ0v) is 20.6. The number of carbonyl (C=O) groups is 1. The maximum Gasteiger partial charge on any atom is 0.272 e. The Bertz CT molecular complexity index is 1060. The summed E-state index contributed by atoms with van der Waals surface area (Å²) in [7, 11) is 1.67. The molecule has 3 aliphatic rings. The molecule has 0 unspecified atom stereocenters. The van der Waals surface area contributed by atoms with Crippen LogP contribution in [0.1, 0.15) is 59.3 Å². The van der Waals surface area contributed by atoms with E-state index in [0.29, 0.717) is 17.5 Å². The van der Waals surface area contributed by atoms with Crippen molar-refractivity contribution in [3.63, 3.8) is 0 Å². The van der Waals surface area contributed by atoms with E-state index < -0.39 is 5.60 Å². The number of nitrogens with zero attached hydrogens (tertiary/aromatic N) is 4. The van der Waals surface area contributed by atoms with Crippen LogP contribution in [0.4, 0.5) is 23.1 Å². The lowest BCUT2D eigenvalue weighted by molar-refractivity contribution is -0.133. The first-order chi connectivity index (χ1) is 16.4. The van der Waals surface area contributed by atoms with E-state index in [0.717, 1.165) is 61.8 Å². The molecule has 1 N–H and O–H groups in total. The van der Waals surface area contributed by atoms with Crippen molar-refractivity contribution in [3.8, 4) is 11.5 Å². The van der Waals surface area contributed by atoms with Gasteiger partial charge in [-0.2, -0.15) is 4.98 Å². The molecular formula is C26H35N5O3. The average Bonchev–Trinajstić information content (AvgIpc) is 3.35. The largest absolute Gasteiger partial charge is 0.494 e. The second-order valence-electron chi connectivity index (χ2n) is 10.3. The summed E-state index contributed by atoms with van der Waals surface area (Å²) in [5.41, 5.74) is 1.01. The van der Waals surface area contributed by atoms with Crippen LogP contribution in [0.5, 0.6) is 11.5 Å². The van der Waals surface area contributed by atoms with Crippen molar-refractivity contribution < 1.29 is 14.3 Å². The Balaban J connectivity index is 1.42. The highest BCUT2D eigenvalue weighted by atomic mass is 16.5. The quantitative estimate of drug-likeness (QED) is 0.672. The lowest BCUT2D eigenvalue weighted by Gasteiger charge is -2.40. The minimum atomic E-state index is -0.931. The fourth-order valence-corrected chi connectivity index (χ4v) is 5.24. The van der Waals surface area contributed by atoms with E-state index in [9.17, 15) is 4.79 Å². The number of amides is 1. The van der Waals surface area contributed by atoms with Crippen molar-refractivity contribution in [1.29, 1.82) is 0 Å². The smallest absolute Gasteiger partial charge is 0.272 e. The summed E-state index contributed by atoms with van der Waals surface area (Å²) in [5, 5.41) is 3.30. The van der Waals surface area contributed by atoms with Gasteiger partial charge in [0.2, 0.25) is 5.95 Å². The normalized spacial score (nSPS) is 20.8. The van der Waals surface area contributed by atoms with Gasteiger partial charge in [-0.1, -0.05) is 19.8 Å². The van der Waals surface area contributed by atoms with Crippen molar-refractivity contribution >= 4 is 29.0 Å². The highest BCUT2D eigenvalue weighted by molar-refractivity contribution is 6.02. The Morgan fingerprint density at radius 3 is 2.59 bits per heavy atom. The van der Waals surface area contributed by atoms with Gasteiger partial charge in [-0.25, -0.2) is 4.98 Å². The monoisotopic (exact) mass is 465 g/mol. The molecule has 1 amide bonds. The second-order valence-corrected chi connectivity index (χ2v) is 10.3. The molecular weight excluding hydrogens is 430 g/mol. The Morgan fingerprint density at radius 1 is 1.15 bits per heavy atom. The van der Waals surface area contributed by atoms with Crippen LogP contribution in [0.3, 0.4) is 0 Å². The molecule has 0 atom stereocenters. The molecule has 182 valence electrons. The first-order valence-corrected chi connectivity index (χ1v) is 12.5. The van der Waals surface area contributed by atoms with Gasteiger partial charge in [0.15, 0.2) is 17.2 Å². The Morgan fingerprint density at radius 2 is 1.88 bits per heavy atom. The number of methoxy groups -OCH3 is 1. The van der Waals surface area contributed by atoms with Crippen molar-refractivity contribution in [2.75, 3.05) is 35.3 Å². The van der Waals surface area contributed by atoms with Crippen LogP contribution >= 0.6 is 0 Å². The number of aromatic nitrogens is 2. The Kier molecular flexibility index (Phi) is 6.00. The minimum Gasteiger partial charge on any atom is -0.494 e. The standard InChI is InChI=1S/C26H35N5O3/c1-17-11-13-30(14-12-17)19-9-10-20(21(15-19)33-4)28-25-27-16-22-23(29-25)31(18-7-5-6-8-18)24(32)26(2,3)34-22/h9-10,15-18H,5-8,11-14H2,1-4H3,(H,27,28,29). The van der Waals surface area contributed by atoms with Gasteiger partial charge in [0.1, 0.15) is 5.75 Å². The summed E-state index contributed by atoms with van der Waals surface area (Å²) in [4.78, 5) is 26.7. The molecule has 8 nitrogen and oxygen atoms in total. The molecule has 2 aliphatic heterocycles. The van der Waals surface area contributed by atoms with Gasteiger partial charge in [-0.05, 0) is 57.6 Å². The molecule has 1 saturated carbocycles. The van der Waals surface area contributed by atoms with E-state index in [1.54, 1.807) is 13.3 Å². The van der Waals surface area contributed by atoms with Crippen LogP contribution in [0, 0.1) is 5.92 Å². The first kappa shape index (κ1) is 22.7. The van der Waals surface area contributed by atoms with Crippen LogP contribution in [0.2, 0.25) is 0 Å². The fourth-order valence-electron chi connectivity index (χ4n) is 5.24. The zero-order chi connectivity index (χ0) is 23.9. The van der Waals surface area contributed by atoms with E-state index in [2.05, 4.69) is 34.3 Å². The number of rotatable bonds is 5. The van der Waals surface area contributed by atoms with Crippen LogP contribution in [-0.4, -0.2) is 47.7 Å². The number of hydrogen-bond acceptors (Lipinski definition) is 7. The average molecular weight is 466 g/mol. The van der Waals surface area contributed by atoms with Gasteiger partial charge in [0.05, 0.1) is 19.0 Å². The van der Waals surface area contributed by atoms with E-state index in [-0.39, 0.29) is 11.9 Å². The highest BCUT2D eigenvalue weighted by Crippen LogP contribution is 2.41. The predicted octanol–water partition coefficient (Wildman–Crippen LogP) is 4.91. The number of fused-ring (bicyclic) bond motifs is 1. The molecule has 1 aromatic heterocycles. The number of hydrogen-bond donors (Lipinski definition) is 1. The number of benzene rings is 1. The van der Waals surface area contributed by atoms with Crippen LogP contribution in [0.25, 0.3) is 0 Å². The van der Waals surface area contributed by atoms with Gasteiger partial charge in [-0.3, -0.25) is 9.69 Å². The van der Waals surface area contributed by atoms with Crippen LogP contribution in [0.15, 0.2) is 24.4 Å². The van der Waals surface area contributed by atoms with E-state index >= 15 is 0 Å². The summed E-state index contributed by atoms with van der Waals surface area (Å²) in [5.74, 6) is 2.98. The number of anilines is 4. The molecule has 2 aromatic rings. The Hall–Kier alpha value is -3.03. The Labute approximate surface area is 201 Å². The minimum absolute atomic E-state index is 0.0469. The molecule has 1 saturated heterocycles. The molecule has 0 bridgehead atoms. The third kappa shape index (κ3) is 4.26. The van der Waals surface area contributed by atoms with Crippen molar-refractivity contribution in [2.45, 2.75) is 70.9 Å². The predicted molar refractivity (Wildman–Crippen MR) is 133 cm³/mol. The van der Waals surface area contributed by atoms with Crippen LogP contribution < -0.4 is 24.6 Å². The molecule has 0 spiro atoms. The van der Waals surface area contributed by atoms with Gasteiger partial charge < -0.3 is 19.7 Å². The molecule has 1 aliphatic carbocycles. The molecule has 1 aromatic carbocycles. The zero-order valence-electron chi connectivity index (χ0n) is 20.6. The number of piperidine rings is 1. The summed E-state index contributed by atoms with van der Waals surface area (Å²) >= 11 is 0. The summed E-state index contributed by atoms with van der Waals surface area (Å²) in [6.07, 6.45) is 8.30. The van der Waals surface area contributed by atoms with E-state index in [4.69, 9.17) is 14.5 Å². The van der Waals surface area contributed by atoms with E-state index in [1.165, 1.54) is 12.8 Å². The highest BCUT2D eigenvalue weighted by Gasteiger charge is 2.45. The summed E-state index contributed by atoms with van der Waals surface area (Å²) in [6, 6.07) is 6.34. The number of nitrogens with one attached hydrogen (secondary N) is 1. The summed E-state index contributed by atoms with van der Waals surface area (Å²) < 4.78 is 11.7. The van der Waals surface area contributed by atoms with Crippen molar-refractivity contribution in [1.82, 2.24) is 9.97 Å². The lowest BCUT2D eigenvalue weighted by atomic mass is 9.99. The van der Waals surface area contributed by atoms with Crippen molar-refractivity contribution in [3.05, 3.63) is 24.4 Å². The number of carbonyl (C=O) groups excluding carboxylic acids is 1. The van der Waals surface area contributed by atoms with Gasteiger partial charge in [-0.15, -0.1) is 0 Å². The molecule has 3 heterocycles. The van der Waals surface area contributed by atoms with E-state index in [1.807, 2.05) is 24.8 Å². The molecule has 0 radical (unpaired) electrons. The van der Waals surface area contributed by atoms with Gasteiger partial charge in [0.25, 0.3) is 5.91 Å². The molecule has 8 heteroatoms. The third-order valence-electron chi connectivity index (χ3n) is 7.33. The SMILES string of the molecule is COc1cc(N2CCC(C)CC2)ccc1Nc1ncc2c(n1)N(C1CCCC1)C(=O)C(C)(C)O2. The maximum atomic E-state index is 13.3. The maximum absolute atomic E-state index is 13.3. The molecule has 5 rings (SSSR count). The topological polar surface area (TPSA) is 79.8 Å². The fraction of sp³-hybridized carbons (Fsp3) is 0.577. The van der Waals surface area contributed by atoms with Gasteiger partial charge in [0, 0.05) is 30.9 Å². The number of ether oxygens (including phenoxy) is 2. The first-order valence-electron chi connectivity index (χ1n) is 12.5. The lowest BCUT2D eigenvalue weighted by Crippen LogP contribution is -2.55. The van der Waals surface area contributed by atoms with Crippen LogP contribution in [-0.2, 0) is 4.79 Å². The second kappa shape index (κ2) is 8.96. The van der Waals surface area contributed by atoms with Crippen molar-refractivity contribution in [2.24, 2.45) is 5.92 Å². The third-order valence-corrected chi connectivity index (χ3v) is 7.33. The van der Waals surface area contributed by atoms with Gasteiger partial charge >= 0.3 is 0 Å².